The highest BCUT2D eigenvalue weighted by molar-refractivity contribution is 9.09. The molecule has 0 aliphatic carbocycles. The van der Waals surface area contributed by atoms with E-state index in [1.54, 1.807) is 0 Å². The highest BCUT2D eigenvalue weighted by Crippen LogP contribution is 2.13. The van der Waals surface area contributed by atoms with Gasteiger partial charge in [0.1, 0.15) is 12.7 Å². The fourth-order valence-corrected chi connectivity index (χ4v) is 5.87. The van der Waals surface area contributed by atoms with Gasteiger partial charge in [0.25, 0.3) is 0 Å². The molecule has 0 spiro atoms. The number of hydrogen-bond donors (Lipinski definition) is 2. The van der Waals surface area contributed by atoms with Crippen LogP contribution in [0.1, 0.15) is 194 Å². The second kappa shape index (κ2) is 44.5. The lowest BCUT2D eigenvalue weighted by molar-refractivity contribution is -0.157. The average Bonchev–Trinajstić information content (AvgIpc) is 3.13. The average molecular weight is 839 g/mol. The van der Waals surface area contributed by atoms with Crippen molar-refractivity contribution in [2.24, 2.45) is 0 Å². The van der Waals surface area contributed by atoms with Crippen molar-refractivity contribution in [2.75, 3.05) is 23.9 Å². The smallest absolute Gasteiger partial charge is 0.306 e. The molecular weight excluding hydrogens is 760 g/mol. The number of halogens is 2. The highest BCUT2D eigenvalue weighted by atomic mass is 79.9. The molecule has 8 heteroatoms. The van der Waals surface area contributed by atoms with Crippen molar-refractivity contribution >= 4 is 43.8 Å². The third-order valence-electron chi connectivity index (χ3n) is 8.57. The molecule has 0 aromatic heterocycles. The first-order chi connectivity index (χ1) is 24.4. The molecule has 0 fully saturated rings. The fourth-order valence-electron chi connectivity index (χ4n) is 5.34. The van der Waals surface area contributed by atoms with Crippen LogP contribution in [0.4, 0.5) is 0 Å². The Morgan fingerprint density at radius 1 is 0.540 bits per heavy atom. The molecule has 0 aromatic rings. The van der Waals surface area contributed by atoms with Gasteiger partial charge >= 0.3 is 11.9 Å². The molecule has 50 heavy (non-hydrogen) atoms. The molecule has 6 nitrogen and oxygen atoms in total. The van der Waals surface area contributed by atoms with Crippen molar-refractivity contribution in [1.82, 2.24) is 0 Å². The fraction of sp³-hybridized carbons (Fsp3) is 0.857. The van der Waals surface area contributed by atoms with Gasteiger partial charge in [-0.25, -0.2) is 0 Å². The summed E-state index contributed by atoms with van der Waals surface area (Å²) in [5, 5.41) is 17.4. The second-order valence-electron chi connectivity index (χ2n) is 13.6. The SMILES string of the molecule is CCCCCCCC/C=C\CCCCCCCC(=O)OCC(CBr)OC(=O)CCCCCCC/C=C\CCCCCCCC.OCC(O)CBr. The second-order valence-corrected chi connectivity index (χ2v) is 14.9. The Balaban J connectivity index is 0. The number of hydrogen-bond acceptors (Lipinski definition) is 6. The lowest BCUT2D eigenvalue weighted by Gasteiger charge is -2.15. The molecule has 0 saturated heterocycles. The number of unbranched alkanes of at least 4 members (excludes halogenated alkanes) is 22. The molecule has 0 radical (unpaired) electrons. The van der Waals surface area contributed by atoms with Crippen LogP contribution >= 0.6 is 31.9 Å². The van der Waals surface area contributed by atoms with Gasteiger partial charge in [0, 0.05) is 23.5 Å². The molecular formula is C42H78Br2O6. The third kappa shape index (κ3) is 43.5. The number of esters is 2. The monoisotopic (exact) mass is 836 g/mol. The summed E-state index contributed by atoms with van der Waals surface area (Å²) < 4.78 is 10.9. The van der Waals surface area contributed by atoms with Crippen LogP contribution in [0.25, 0.3) is 0 Å². The predicted molar refractivity (Wildman–Crippen MR) is 220 cm³/mol. The Kier molecular flexibility index (Phi) is 45.7. The number of alkyl halides is 2. The summed E-state index contributed by atoms with van der Waals surface area (Å²) in [5.74, 6) is -0.387. The number of ether oxygens (including phenoxy) is 2. The van der Waals surface area contributed by atoms with Crippen LogP contribution < -0.4 is 0 Å². The van der Waals surface area contributed by atoms with Gasteiger partial charge < -0.3 is 19.7 Å². The Hall–Kier alpha value is -0.700. The Labute approximate surface area is 325 Å². The van der Waals surface area contributed by atoms with Crippen LogP contribution in [0.2, 0.25) is 0 Å². The van der Waals surface area contributed by atoms with Gasteiger partial charge in [0.05, 0.1) is 12.7 Å². The lowest BCUT2D eigenvalue weighted by Crippen LogP contribution is -2.26. The Bertz CT molecular complexity index is 757. The summed E-state index contributed by atoms with van der Waals surface area (Å²) in [6, 6.07) is 0. The number of carbonyl (C=O) groups is 2. The zero-order valence-corrected chi connectivity index (χ0v) is 35.5. The number of allylic oxidation sites excluding steroid dienone is 4. The molecule has 0 aliphatic heterocycles. The molecule has 0 saturated carbocycles. The van der Waals surface area contributed by atoms with Crippen molar-refractivity contribution in [2.45, 2.75) is 206 Å². The number of aliphatic hydroxyl groups excluding tert-OH is 2. The Morgan fingerprint density at radius 2 is 0.900 bits per heavy atom. The Morgan fingerprint density at radius 3 is 1.24 bits per heavy atom. The minimum atomic E-state index is -0.593. The van der Waals surface area contributed by atoms with Crippen LogP contribution in [-0.2, 0) is 19.1 Å². The number of aliphatic hydroxyl groups is 2. The summed E-state index contributed by atoms with van der Waals surface area (Å²) in [6.45, 7) is 4.50. The predicted octanol–water partition coefficient (Wildman–Crippen LogP) is 12.6. The molecule has 2 N–H and O–H groups in total. The van der Waals surface area contributed by atoms with E-state index in [1.165, 1.54) is 128 Å². The normalized spacial score (nSPS) is 12.6. The number of rotatable bonds is 36. The first-order valence-electron chi connectivity index (χ1n) is 20.5. The van der Waals surface area contributed by atoms with E-state index >= 15 is 0 Å². The first kappa shape index (κ1) is 51.4. The minimum Gasteiger partial charge on any atom is -0.462 e. The zero-order valence-electron chi connectivity index (χ0n) is 32.4. The van der Waals surface area contributed by atoms with E-state index in [0.717, 1.165) is 38.5 Å². The zero-order chi connectivity index (χ0) is 37.2. The third-order valence-corrected chi connectivity index (χ3v) is 10.0. The molecule has 2 unspecified atom stereocenters. The molecule has 2 atom stereocenters. The first-order valence-corrected chi connectivity index (χ1v) is 22.7. The molecule has 0 heterocycles. The van der Waals surface area contributed by atoms with E-state index in [0.29, 0.717) is 23.5 Å². The summed E-state index contributed by atoms with van der Waals surface area (Å²) in [4.78, 5) is 24.3. The van der Waals surface area contributed by atoms with Gasteiger partial charge in [-0.15, -0.1) is 0 Å². The minimum absolute atomic E-state index is 0.132. The molecule has 0 bridgehead atoms. The van der Waals surface area contributed by atoms with E-state index < -0.39 is 12.2 Å². The molecule has 0 aromatic carbocycles. The van der Waals surface area contributed by atoms with Gasteiger partial charge in [0.15, 0.2) is 0 Å². The van der Waals surface area contributed by atoms with E-state index in [-0.39, 0.29) is 25.2 Å². The van der Waals surface area contributed by atoms with Gasteiger partial charge in [-0.05, 0) is 64.2 Å². The molecule has 0 aliphatic rings. The largest absolute Gasteiger partial charge is 0.462 e. The van der Waals surface area contributed by atoms with Crippen molar-refractivity contribution in [3.8, 4) is 0 Å². The maximum atomic E-state index is 12.2. The maximum absolute atomic E-state index is 12.2. The maximum Gasteiger partial charge on any atom is 0.306 e. The summed E-state index contributed by atoms with van der Waals surface area (Å²) in [6.07, 6.45) is 41.4. The summed E-state index contributed by atoms with van der Waals surface area (Å²) >= 11 is 6.35. The number of carbonyl (C=O) groups excluding carboxylic acids is 2. The van der Waals surface area contributed by atoms with Crippen molar-refractivity contribution in [1.29, 1.82) is 0 Å². The molecule has 296 valence electrons. The van der Waals surface area contributed by atoms with Gasteiger partial charge in [-0.3, -0.25) is 9.59 Å². The van der Waals surface area contributed by atoms with E-state index in [9.17, 15) is 9.59 Å². The van der Waals surface area contributed by atoms with Crippen LogP contribution in [-0.4, -0.2) is 58.2 Å². The van der Waals surface area contributed by atoms with Crippen molar-refractivity contribution < 1.29 is 29.3 Å². The summed E-state index contributed by atoms with van der Waals surface area (Å²) in [5.41, 5.74) is 0. The van der Waals surface area contributed by atoms with Gasteiger partial charge in [-0.1, -0.05) is 173 Å². The van der Waals surface area contributed by atoms with Crippen molar-refractivity contribution in [3.05, 3.63) is 24.3 Å². The van der Waals surface area contributed by atoms with Gasteiger partial charge in [0.2, 0.25) is 0 Å². The van der Waals surface area contributed by atoms with E-state index in [1.807, 2.05) is 0 Å². The lowest BCUT2D eigenvalue weighted by atomic mass is 10.1. The van der Waals surface area contributed by atoms with Crippen LogP contribution in [0.15, 0.2) is 24.3 Å². The van der Waals surface area contributed by atoms with Crippen LogP contribution in [0.3, 0.4) is 0 Å². The van der Waals surface area contributed by atoms with E-state index in [4.69, 9.17) is 19.7 Å². The quantitative estimate of drug-likeness (QED) is 0.0283. The topological polar surface area (TPSA) is 93.1 Å². The standard InChI is InChI=1S/C39H71BrO4.C3H7BrO2/c1-3-5-7-9-11-13-15-17-19-21-23-25-27-29-31-33-38(41)43-36-37(35-40)44-39(42)34-32-30-28-26-24-22-20-18-16-14-12-10-8-6-4-2;4-1-3(6)2-5/h17-20,37H,3-16,21-36H2,1-2H3;3,5-6H,1-2H2/b19-17-,20-18-;. The molecule has 0 amide bonds. The highest BCUT2D eigenvalue weighted by Gasteiger charge is 2.15. The van der Waals surface area contributed by atoms with Gasteiger partial charge in [-0.2, -0.15) is 0 Å². The van der Waals surface area contributed by atoms with E-state index in [2.05, 4.69) is 70.0 Å². The van der Waals surface area contributed by atoms with Crippen LogP contribution in [0, 0.1) is 0 Å². The molecule has 0 rings (SSSR count). The van der Waals surface area contributed by atoms with Crippen molar-refractivity contribution in [3.63, 3.8) is 0 Å². The summed E-state index contributed by atoms with van der Waals surface area (Å²) in [7, 11) is 0. The van der Waals surface area contributed by atoms with Crippen LogP contribution in [0.5, 0.6) is 0 Å².